The Labute approximate surface area is 134 Å². The van der Waals surface area contributed by atoms with Gasteiger partial charge in [0.05, 0.1) is 0 Å². The molecule has 4 rings (SSSR count). The summed E-state index contributed by atoms with van der Waals surface area (Å²) in [6.07, 6.45) is 5.47. The van der Waals surface area contributed by atoms with Gasteiger partial charge in [-0.25, -0.2) is 0 Å². The third-order valence-corrected chi connectivity index (χ3v) is 6.53. The van der Waals surface area contributed by atoms with E-state index in [1.54, 1.807) is 11.1 Å². The lowest BCUT2D eigenvalue weighted by atomic mass is 9.58. The summed E-state index contributed by atoms with van der Waals surface area (Å²) < 4.78 is 0. The molecule has 0 aliphatic heterocycles. The largest absolute Gasteiger partial charge is 0.0619 e. The van der Waals surface area contributed by atoms with E-state index < -0.39 is 0 Å². The summed E-state index contributed by atoms with van der Waals surface area (Å²) in [6.45, 7) is 9.67. The highest BCUT2D eigenvalue weighted by Crippen LogP contribution is 2.53. The zero-order valence-corrected chi connectivity index (χ0v) is 14.4. The summed E-state index contributed by atoms with van der Waals surface area (Å²) in [6, 6.07) is 11.7. The van der Waals surface area contributed by atoms with Gasteiger partial charge >= 0.3 is 0 Å². The van der Waals surface area contributed by atoms with E-state index >= 15 is 0 Å². The highest BCUT2D eigenvalue weighted by Gasteiger charge is 2.41. The molecule has 1 saturated carbocycles. The quantitative estimate of drug-likeness (QED) is 0.538. The monoisotopic (exact) mass is 292 g/mol. The fourth-order valence-electron chi connectivity index (χ4n) is 5.27. The SMILES string of the molecule is Cc1cccc2c3c(ccc12)C1CC(C)(C)CCC1C(C)C3. The molecular weight excluding hydrogens is 264 g/mol. The third kappa shape index (κ3) is 2.11. The molecule has 116 valence electrons. The summed E-state index contributed by atoms with van der Waals surface area (Å²) in [4.78, 5) is 0. The molecule has 0 aromatic heterocycles. The highest BCUT2D eigenvalue weighted by atomic mass is 14.5. The predicted octanol–water partition coefficient (Wildman–Crippen LogP) is 6.25. The number of hydrogen-bond acceptors (Lipinski definition) is 0. The van der Waals surface area contributed by atoms with Gasteiger partial charge in [0.25, 0.3) is 0 Å². The first kappa shape index (κ1) is 14.3. The number of rotatable bonds is 0. The Bertz CT molecular complexity index is 722. The Balaban J connectivity index is 1.90. The van der Waals surface area contributed by atoms with Gasteiger partial charge in [-0.05, 0) is 83.2 Å². The first-order valence-electron chi connectivity index (χ1n) is 8.97. The van der Waals surface area contributed by atoms with E-state index in [2.05, 4.69) is 58.0 Å². The molecule has 2 aliphatic carbocycles. The molecule has 2 aromatic rings. The fourth-order valence-corrected chi connectivity index (χ4v) is 5.27. The van der Waals surface area contributed by atoms with Crippen LogP contribution in [0, 0.1) is 24.2 Å². The third-order valence-electron chi connectivity index (χ3n) is 6.53. The van der Waals surface area contributed by atoms with Crippen LogP contribution in [-0.2, 0) is 6.42 Å². The van der Waals surface area contributed by atoms with E-state index in [-0.39, 0.29) is 0 Å². The number of aryl methyl sites for hydroxylation is 1. The number of fused-ring (bicyclic) bond motifs is 5. The van der Waals surface area contributed by atoms with Gasteiger partial charge in [-0.15, -0.1) is 0 Å². The van der Waals surface area contributed by atoms with Gasteiger partial charge in [-0.3, -0.25) is 0 Å². The lowest BCUT2D eigenvalue weighted by molar-refractivity contribution is 0.116. The maximum Gasteiger partial charge on any atom is -0.0123 e. The molecule has 22 heavy (non-hydrogen) atoms. The summed E-state index contributed by atoms with van der Waals surface area (Å²) in [5, 5.41) is 2.98. The van der Waals surface area contributed by atoms with Crippen LogP contribution in [-0.4, -0.2) is 0 Å². The first-order chi connectivity index (χ1) is 10.5. The molecule has 0 heteroatoms. The second-order valence-corrected chi connectivity index (χ2v) is 8.66. The molecule has 0 N–H and O–H groups in total. The summed E-state index contributed by atoms with van der Waals surface area (Å²) in [7, 11) is 0. The first-order valence-corrected chi connectivity index (χ1v) is 8.97. The average Bonchev–Trinajstić information content (AvgIpc) is 2.46. The minimum Gasteiger partial charge on any atom is -0.0619 e. The van der Waals surface area contributed by atoms with Gasteiger partial charge < -0.3 is 0 Å². The lowest BCUT2D eigenvalue weighted by Gasteiger charge is -2.47. The Kier molecular flexibility index (Phi) is 3.15. The molecule has 2 aliphatic rings. The van der Waals surface area contributed by atoms with Gasteiger partial charge in [0.2, 0.25) is 0 Å². The van der Waals surface area contributed by atoms with Gasteiger partial charge in [-0.2, -0.15) is 0 Å². The van der Waals surface area contributed by atoms with Crippen molar-refractivity contribution in [2.75, 3.05) is 0 Å². The zero-order valence-electron chi connectivity index (χ0n) is 14.4. The molecule has 1 fully saturated rings. The average molecular weight is 292 g/mol. The summed E-state index contributed by atoms with van der Waals surface area (Å²) in [5.41, 5.74) is 5.26. The van der Waals surface area contributed by atoms with Crippen LogP contribution >= 0.6 is 0 Å². The van der Waals surface area contributed by atoms with Crippen LogP contribution in [0.1, 0.15) is 62.6 Å². The van der Waals surface area contributed by atoms with Crippen molar-refractivity contribution in [1.29, 1.82) is 0 Å². The van der Waals surface area contributed by atoms with Gasteiger partial charge in [0.1, 0.15) is 0 Å². The van der Waals surface area contributed by atoms with Crippen LogP contribution in [0.3, 0.4) is 0 Å². The second-order valence-electron chi connectivity index (χ2n) is 8.66. The summed E-state index contributed by atoms with van der Waals surface area (Å²) in [5.74, 6) is 2.52. The molecule has 2 aromatic carbocycles. The molecule has 0 nitrogen and oxygen atoms in total. The maximum atomic E-state index is 2.49. The summed E-state index contributed by atoms with van der Waals surface area (Å²) >= 11 is 0. The van der Waals surface area contributed by atoms with E-state index in [0.717, 1.165) is 17.8 Å². The molecule has 0 heterocycles. The predicted molar refractivity (Wildman–Crippen MR) is 95.4 cm³/mol. The van der Waals surface area contributed by atoms with E-state index in [0.29, 0.717) is 5.41 Å². The van der Waals surface area contributed by atoms with Crippen molar-refractivity contribution in [1.82, 2.24) is 0 Å². The topological polar surface area (TPSA) is 0 Å². The van der Waals surface area contributed by atoms with Crippen LogP contribution in [0.4, 0.5) is 0 Å². The van der Waals surface area contributed by atoms with Crippen molar-refractivity contribution in [3.05, 3.63) is 47.0 Å². The van der Waals surface area contributed by atoms with Crippen molar-refractivity contribution in [3.8, 4) is 0 Å². The smallest absolute Gasteiger partial charge is 0.0123 e. The Morgan fingerprint density at radius 1 is 1.05 bits per heavy atom. The maximum absolute atomic E-state index is 2.49. The highest BCUT2D eigenvalue weighted by molar-refractivity contribution is 5.89. The fraction of sp³-hybridized carbons (Fsp3) is 0.545. The van der Waals surface area contributed by atoms with Crippen molar-refractivity contribution in [2.45, 2.75) is 59.3 Å². The Morgan fingerprint density at radius 3 is 2.68 bits per heavy atom. The molecule has 3 unspecified atom stereocenters. The van der Waals surface area contributed by atoms with Crippen LogP contribution in [0.5, 0.6) is 0 Å². The van der Waals surface area contributed by atoms with Crippen molar-refractivity contribution in [2.24, 2.45) is 17.3 Å². The van der Waals surface area contributed by atoms with Gasteiger partial charge in [0.15, 0.2) is 0 Å². The Morgan fingerprint density at radius 2 is 1.86 bits per heavy atom. The number of benzene rings is 2. The lowest BCUT2D eigenvalue weighted by Crippen LogP contribution is -2.36. The van der Waals surface area contributed by atoms with E-state index in [1.807, 2.05) is 0 Å². The van der Waals surface area contributed by atoms with Crippen LogP contribution < -0.4 is 0 Å². The normalized spacial score (nSPS) is 29.9. The van der Waals surface area contributed by atoms with Crippen molar-refractivity contribution < 1.29 is 0 Å². The minimum atomic E-state index is 0.511. The minimum absolute atomic E-state index is 0.511. The van der Waals surface area contributed by atoms with Gasteiger partial charge in [-0.1, -0.05) is 51.1 Å². The number of hydrogen-bond donors (Lipinski definition) is 0. The van der Waals surface area contributed by atoms with E-state index in [9.17, 15) is 0 Å². The molecule has 0 radical (unpaired) electrons. The van der Waals surface area contributed by atoms with Crippen LogP contribution in [0.2, 0.25) is 0 Å². The molecule has 0 spiro atoms. The molecule has 0 bridgehead atoms. The molecular formula is C22H28. The molecule has 3 atom stereocenters. The van der Waals surface area contributed by atoms with Crippen molar-refractivity contribution in [3.63, 3.8) is 0 Å². The van der Waals surface area contributed by atoms with Crippen molar-refractivity contribution >= 4 is 10.8 Å². The molecule has 0 saturated heterocycles. The van der Waals surface area contributed by atoms with Crippen LogP contribution in [0.15, 0.2) is 30.3 Å². The van der Waals surface area contributed by atoms with Gasteiger partial charge in [0, 0.05) is 0 Å². The standard InChI is InChI=1S/C22H28/c1-14-6-5-7-18-16(14)8-9-19-20(18)12-15(2)17-10-11-22(3,4)13-21(17)19/h5-9,15,17,21H,10-13H2,1-4H3. The Hall–Kier alpha value is -1.30. The molecule has 0 amide bonds. The second kappa shape index (κ2) is 4.85. The zero-order chi connectivity index (χ0) is 15.5. The van der Waals surface area contributed by atoms with E-state index in [1.165, 1.54) is 42.0 Å². The van der Waals surface area contributed by atoms with E-state index in [4.69, 9.17) is 0 Å². The van der Waals surface area contributed by atoms with Crippen LogP contribution in [0.25, 0.3) is 10.8 Å².